The number of rotatable bonds is 8. The normalized spacial score (nSPS) is 21.9. The Balaban J connectivity index is 1.49. The van der Waals surface area contributed by atoms with Crippen LogP contribution in [0.5, 0.6) is 0 Å². The molecule has 0 aromatic carbocycles. The highest BCUT2D eigenvalue weighted by atomic mass is 32.2. The summed E-state index contributed by atoms with van der Waals surface area (Å²) in [6.07, 6.45) is 0. The zero-order valence-corrected chi connectivity index (χ0v) is 21.7. The minimum Gasteiger partial charge on any atom is -0.477 e. The van der Waals surface area contributed by atoms with Crippen LogP contribution >= 0.6 is 35.1 Å². The molecule has 0 radical (unpaired) electrons. The third-order valence-electron chi connectivity index (χ3n) is 5.20. The van der Waals surface area contributed by atoms with Gasteiger partial charge < -0.3 is 32.5 Å². The molecular formula is C18H23N11O5S3. The maximum Gasteiger partial charge on any atom is 0.352 e. The van der Waals surface area contributed by atoms with Gasteiger partial charge in [-0.3, -0.25) is 19.5 Å². The summed E-state index contributed by atoms with van der Waals surface area (Å²) in [6.45, 7) is 2.04. The van der Waals surface area contributed by atoms with Gasteiger partial charge in [0, 0.05) is 23.0 Å². The van der Waals surface area contributed by atoms with Crippen molar-refractivity contribution >= 4 is 68.9 Å². The van der Waals surface area contributed by atoms with Gasteiger partial charge in [0.15, 0.2) is 10.3 Å². The summed E-state index contributed by atoms with van der Waals surface area (Å²) in [7, 11) is 0. The lowest BCUT2D eigenvalue weighted by atomic mass is 10.0. The van der Waals surface area contributed by atoms with Crippen molar-refractivity contribution in [1.82, 2.24) is 24.6 Å². The van der Waals surface area contributed by atoms with E-state index in [1.54, 1.807) is 6.92 Å². The zero-order valence-electron chi connectivity index (χ0n) is 19.3. The Morgan fingerprint density at radius 1 is 1.35 bits per heavy atom. The molecule has 1 saturated heterocycles. The Hall–Kier alpha value is -3.55. The smallest absolute Gasteiger partial charge is 0.352 e. The number of anilines is 1. The van der Waals surface area contributed by atoms with Gasteiger partial charge in [-0.2, -0.15) is 9.36 Å². The number of nitrogens with zero attached hydrogens (tertiary/aromatic N) is 6. The van der Waals surface area contributed by atoms with Gasteiger partial charge in [-0.1, -0.05) is 16.9 Å². The van der Waals surface area contributed by atoms with Gasteiger partial charge in [-0.25, -0.2) is 15.6 Å². The molecule has 3 aliphatic rings. The summed E-state index contributed by atoms with van der Waals surface area (Å²) in [5.74, 6) is 3.92. The Bertz CT molecular complexity index is 1260. The van der Waals surface area contributed by atoms with E-state index in [-0.39, 0.29) is 47.1 Å². The molecule has 0 aliphatic carbocycles. The van der Waals surface area contributed by atoms with Crippen LogP contribution < -0.4 is 28.4 Å². The number of nitrogen functional groups attached to an aromatic ring is 1. The fraction of sp³-hybridized carbons (Fsp3) is 0.389. The van der Waals surface area contributed by atoms with Crippen LogP contribution in [-0.2, 0) is 19.2 Å². The lowest BCUT2D eigenvalue weighted by molar-refractivity contribution is -0.150. The Morgan fingerprint density at radius 2 is 2.11 bits per heavy atom. The monoisotopic (exact) mass is 569 g/mol. The molecule has 19 heteroatoms. The Kier molecular flexibility index (Phi) is 7.76. The molecule has 0 bridgehead atoms. The molecule has 0 saturated carbocycles. The van der Waals surface area contributed by atoms with Crippen LogP contribution in [0.1, 0.15) is 12.7 Å². The third-order valence-corrected chi connectivity index (χ3v) is 8.16. The molecule has 1 aromatic rings. The number of carboxylic acids is 1. The topological polar surface area (TPSA) is 254 Å². The number of carboxylic acid groups (broad SMARTS) is 1. The molecule has 2 atom stereocenters. The highest BCUT2D eigenvalue weighted by Gasteiger charge is 2.54. The van der Waals surface area contributed by atoms with Crippen molar-refractivity contribution in [3.8, 4) is 0 Å². The molecule has 2 amide bonds. The van der Waals surface area contributed by atoms with Crippen LogP contribution in [0.25, 0.3) is 0 Å². The van der Waals surface area contributed by atoms with E-state index in [0.717, 1.165) is 16.4 Å². The number of amidine groups is 1. The van der Waals surface area contributed by atoms with Crippen LogP contribution in [0.4, 0.5) is 5.13 Å². The largest absolute Gasteiger partial charge is 0.477 e. The zero-order chi connectivity index (χ0) is 26.9. The van der Waals surface area contributed by atoms with Crippen molar-refractivity contribution < 1.29 is 24.3 Å². The van der Waals surface area contributed by atoms with E-state index < -0.39 is 29.2 Å². The van der Waals surface area contributed by atoms with Gasteiger partial charge in [0.25, 0.3) is 11.8 Å². The first kappa shape index (κ1) is 26.5. The number of nitrogens with one attached hydrogen (secondary N) is 1. The van der Waals surface area contributed by atoms with E-state index >= 15 is 0 Å². The number of amides is 2. The number of carbonyl (C=O) groups is 3. The van der Waals surface area contributed by atoms with E-state index in [1.165, 1.54) is 28.5 Å². The van der Waals surface area contributed by atoms with Crippen LogP contribution in [0, 0.1) is 0 Å². The van der Waals surface area contributed by atoms with Crippen molar-refractivity contribution in [3.05, 3.63) is 28.6 Å². The van der Waals surface area contributed by atoms with Gasteiger partial charge in [-0.05, 0) is 12.5 Å². The number of hydrogen-bond acceptors (Lipinski definition) is 16. The number of nitrogens with two attached hydrogens (primary N) is 4. The molecule has 4 heterocycles. The number of β-lactam (4-membered cyclic amide) rings is 1. The standard InChI is InChI=1S/C18H23N11O5S3/c1-2-34-26-8(12-25-17(21)37-27-12)13(30)23-9-14(31)29-10(16(32)33)6(4-35-15(9)29)5-36-18-24-11(20)7(19)3-28(18)22/h9,15H,2-5,19-20,22H2,1H3,(H,23,30)(H,32,33)(H2,21,25,27)/b26-8-/t9?,15-/m0/s1. The summed E-state index contributed by atoms with van der Waals surface area (Å²) >= 11 is 3.36. The minimum atomic E-state index is -1.27. The van der Waals surface area contributed by atoms with Crippen LogP contribution in [-0.4, -0.2) is 89.1 Å². The summed E-state index contributed by atoms with van der Waals surface area (Å²) in [4.78, 5) is 52.3. The maximum absolute atomic E-state index is 13.0. The lowest BCUT2D eigenvalue weighted by Crippen LogP contribution is -2.71. The molecule has 16 nitrogen and oxygen atoms in total. The third kappa shape index (κ3) is 5.29. The molecule has 1 aromatic heterocycles. The molecular weight excluding hydrogens is 546 g/mol. The summed E-state index contributed by atoms with van der Waals surface area (Å²) < 4.78 is 3.97. The number of aromatic nitrogens is 2. The second-order valence-electron chi connectivity index (χ2n) is 7.65. The molecule has 0 spiro atoms. The number of thioether (sulfide) groups is 2. The van der Waals surface area contributed by atoms with Crippen molar-refractivity contribution in [2.24, 2.45) is 27.5 Å². The molecule has 198 valence electrons. The van der Waals surface area contributed by atoms with Gasteiger partial charge in [0.2, 0.25) is 11.5 Å². The second kappa shape index (κ2) is 10.8. The fourth-order valence-electron chi connectivity index (χ4n) is 3.49. The van der Waals surface area contributed by atoms with Gasteiger partial charge in [0.1, 0.15) is 29.5 Å². The SMILES string of the molecule is CCO/N=C(\C(=O)NC1C(=O)N2C(C(=O)O)=C(CSC3=NC(N)=C(N)CN3N)CS[C@@H]12)c1nsc(N)n1. The van der Waals surface area contributed by atoms with Crippen LogP contribution in [0.3, 0.4) is 0 Å². The predicted octanol–water partition coefficient (Wildman–Crippen LogP) is -2.04. The minimum absolute atomic E-state index is 0.0457. The predicted molar refractivity (Wildman–Crippen MR) is 138 cm³/mol. The van der Waals surface area contributed by atoms with Gasteiger partial charge in [0.05, 0.1) is 12.2 Å². The van der Waals surface area contributed by atoms with Crippen molar-refractivity contribution in [2.45, 2.75) is 18.3 Å². The summed E-state index contributed by atoms with van der Waals surface area (Å²) in [5, 5.41) is 17.4. The molecule has 37 heavy (non-hydrogen) atoms. The first-order valence-electron chi connectivity index (χ1n) is 10.6. The molecule has 10 N–H and O–H groups in total. The number of aliphatic imine (C=N–C) groups is 1. The van der Waals surface area contributed by atoms with Crippen LogP contribution in [0.15, 0.2) is 32.9 Å². The highest BCUT2D eigenvalue weighted by Crippen LogP contribution is 2.41. The quantitative estimate of drug-likeness (QED) is 0.0854. The average Bonchev–Trinajstić information content (AvgIpc) is 3.29. The molecule has 4 rings (SSSR count). The van der Waals surface area contributed by atoms with Crippen molar-refractivity contribution in [3.63, 3.8) is 0 Å². The molecule has 1 unspecified atom stereocenters. The average molecular weight is 570 g/mol. The van der Waals surface area contributed by atoms with E-state index in [9.17, 15) is 19.5 Å². The number of carbonyl (C=O) groups excluding carboxylic acids is 2. The van der Waals surface area contributed by atoms with Gasteiger partial charge >= 0.3 is 5.97 Å². The first-order chi connectivity index (χ1) is 17.6. The van der Waals surface area contributed by atoms with E-state index in [0.29, 0.717) is 22.2 Å². The number of fused-ring (bicyclic) bond motifs is 1. The molecule has 3 aliphatic heterocycles. The fourth-order valence-corrected chi connectivity index (χ4v) is 6.33. The number of aliphatic carboxylic acids is 1. The number of oxime groups is 1. The van der Waals surface area contributed by atoms with Crippen molar-refractivity contribution in [1.29, 1.82) is 0 Å². The van der Waals surface area contributed by atoms with Gasteiger partial charge in [-0.15, -0.1) is 11.8 Å². The first-order valence-corrected chi connectivity index (χ1v) is 13.4. The maximum atomic E-state index is 13.0. The van der Waals surface area contributed by atoms with E-state index in [2.05, 4.69) is 24.8 Å². The van der Waals surface area contributed by atoms with Crippen LogP contribution in [0.2, 0.25) is 0 Å². The second-order valence-corrected chi connectivity index (χ2v) is 10.5. The molecule has 1 fully saturated rings. The Labute approximate surface area is 222 Å². The van der Waals surface area contributed by atoms with E-state index in [1.807, 2.05) is 0 Å². The summed E-state index contributed by atoms with van der Waals surface area (Å²) in [5.41, 5.74) is 17.5. The number of hydrazine groups is 1. The lowest BCUT2D eigenvalue weighted by Gasteiger charge is -2.49. The van der Waals surface area contributed by atoms with Crippen molar-refractivity contribution in [2.75, 3.05) is 30.4 Å². The Morgan fingerprint density at radius 3 is 2.76 bits per heavy atom. The summed E-state index contributed by atoms with van der Waals surface area (Å²) in [6, 6.07) is -0.987. The highest BCUT2D eigenvalue weighted by molar-refractivity contribution is 8.14. The van der Waals surface area contributed by atoms with E-state index in [4.69, 9.17) is 27.9 Å². The number of hydrogen-bond donors (Lipinski definition) is 6.